The van der Waals surface area contributed by atoms with Crippen molar-refractivity contribution in [3.8, 4) is 0 Å². The van der Waals surface area contributed by atoms with Gasteiger partial charge in [0.2, 0.25) is 0 Å². The highest BCUT2D eigenvalue weighted by molar-refractivity contribution is 5.78. The van der Waals surface area contributed by atoms with Gasteiger partial charge < -0.3 is 14.4 Å². The SMILES string of the molecule is COC(=O)C1(CN(C)CCC2CCCCC2)COC1. The van der Waals surface area contributed by atoms with E-state index in [9.17, 15) is 4.79 Å². The molecule has 2 aliphatic rings. The summed E-state index contributed by atoms with van der Waals surface area (Å²) in [6.45, 7) is 2.84. The summed E-state index contributed by atoms with van der Waals surface area (Å²) in [5.41, 5.74) is -0.407. The zero-order chi connectivity index (χ0) is 13.7. The molecule has 1 saturated heterocycles. The highest BCUT2D eigenvalue weighted by atomic mass is 16.5. The Morgan fingerprint density at radius 2 is 2.00 bits per heavy atom. The Balaban J connectivity index is 1.73. The lowest BCUT2D eigenvalue weighted by molar-refractivity contribution is -0.186. The molecule has 0 aromatic carbocycles. The van der Waals surface area contributed by atoms with Crippen molar-refractivity contribution in [3.63, 3.8) is 0 Å². The summed E-state index contributed by atoms with van der Waals surface area (Å²) in [6, 6.07) is 0. The summed E-state index contributed by atoms with van der Waals surface area (Å²) in [6.07, 6.45) is 8.24. The van der Waals surface area contributed by atoms with E-state index < -0.39 is 5.41 Å². The average Bonchev–Trinajstić information content (AvgIpc) is 2.41. The Kier molecular flexibility index (Phi) is 5.22. The maximum absolute atomic E-state index is 11.8. The standard InChI is InChI=1S/C15H27NO3/c1-16(9-8-13-6-4-3-5-7-13)10-15(11-19-12-15)14(17)18-2/h13H,3-12H2,1-2H3. The topological polar surface area (TPSA) is 38.8 Å². The zero-order valence-corrected chi connectivity index (χ0v) is 12.3. The number of carbonyl (C=O) groups excluding carboxylic acids is 1. The second kappa shape index (κ2) is 6.71. The Morgan fingerprint density at radius 1 is 1.32 bits per heavy atom. The number of carbonyl (C=O) groups is 1. The Labute approximate surface area is 116 Å². The number of hydrogen-bond acceptors (Lipinski definition) is 4. The van der Waals surface area contributed by atoms with Gasteiger partial charge in [0.05, 0.1) is 20.3 Å². The molecule has 0 spiro atoms. The van der Waals surface area contributed by atoms with Gasteiger partial charge in [0.25, 0.3) is 0 Å². The second-order valence-corrected chi connectivity index (χ2v) is 6.30. The molecule has 0 atom stereocenters. The quantitative estimate of drug-likeness (QED) is 0.692. The third-order valence-corrected chi connectivity index (χ3v) is 4.59. The molecule has 1 aliphatic carbocycles. The van der Waals surface area contributed by atoms with E-state index in [0.29, 0.717) is 13.2 Å². The summed E-state index contributed by atoms with van der Waals surface area (Å²) in [7, 11) is 3.57. The molecular weight excluding hydrogens is 242 g/mol. The molecule has 4 heteroatoms. The first-order valence-corrected chi connectivity index (χ1v) is 7.51. The van der Waals surface area contributed by atoms with Gasteiger partial charge in [-0.3, -0.25) is 4.79 Å². The van der Waals surface area contributed by atoms with Crippen LogP contribution < -0.4 is 0 Å². The molecule has 0 N–H and O–H groups in total. The van der Waals surface area contributed by atoms with Gasteiger partial charge in [-0.05, 0) is 25.9 Å². The van der Waals surface area contributed by atoms with Crippen LogP contribution >= 0.6 is 0 Å². The molecule has 2 fully saturated rings. The van der Waals surface area contributed by atoms with Crippen molar-refractivity contribution in [2.24, 2.45) is 11.3 Å². The van der Waals surface area contributed by atoms with Crippen LogP contribution in [0.2, 0.25) is 0 Å². The summed E-state index contributed by atoms with van der Waals surface area (Å²) < 4.78 is 10.1. The van der Waals surface area contributed by atoms with Crippen molar-refractivity contribution in [1.29, 1.82) is 0 Å². The largest absolute Gasteiger partial charge is 0.468 e. The van der Waals surface area contributed by atoms with Crippen LogP contribution in [0.5, 0.6) is 0 Å². The monoisotopic (exact) mass is 269 g/mol. The van der Waals surface area contributed by atoms with Gasteiger partial charge in [-0.2, -0.15) is 0 Å². The van der Waals surface area contributed by atoms with Crippen LogP contribution in [0.25, 0.3) is 0 Å². The predicted molar refractivity (Wildman–Crippen MR) is 74.0 cm³/mol. The molecule has 0 radical (unpaired) electrons. The lowest BCUT2D eigenvalue weighted by Crippen LogP contribution is -2.56. The lowest BCUT2D eigenvalue weighted by Gasteiger charge is -2.41. The molecule has 0 bridgehead atoms. The highest BCUT2D eigenvalue weighted by Gasteiger charge is 2.47. The van der Waals surface area contributed by atoms with Gasteiger partial charge in [0, 0.05) is 6.54 Å². The van der Waals surface area contributed by atoms with Crippen LogP contribution in [0, 0.1) is 11.3 Å². The van der Waals surface area contributed by atoms with E-state index in [0.717, 1.165) is 19.0 Å². The van der Waals surface area contributed by atoms with Crippen molar-refractivity contribution in [2.75, 3.05) is 40.5 Å². The molecule has 1 heterocycles. The van der Waals surface area contributed by atoms with E-state index in [1.807, 2.05) is 0 Å². The smallest absolute Gasteiger partial charge is 0.317 e. The minimum absolute atomic E-state index is 0.122. The van der Waals surface area contributed by atoms with Crippen molar-refractivity contribution >= 4 is 5.97 Å². The third kappa shape index (κ3) is 3.69. The Morgan fingerprint density at radius 3 is 2.53 bits per heavy atom. The molecule has 4 nitrogen and oxygen atoms in total. The van der Waals surface area contributed by atoms with Crippen molar-refractivity contribution in [1.82, 2.24) is 4.90 Å². The van der Waals surface area contributed by atoms with Crippen LogP contribution in [0.3, 0.4) is 0 Å². The molecule has 110 valence electrons. The fraction of sp³-hybridized carbons (Fsp3) is 0.933. The predicted octanol–water partition coefficient (Wildman–Crippen LogP) is 2.08. The summed E-state index contributed by atoms with van der Waals surface area (Å²) in [4.78, 5) is 14.1. The van der Waals surface area contributed by atoms with Gasteiger partial charge >= 0.3 is 5.97 Å². The van der Waals surface area contributed by atoms with E-state index >= 15 is 0 Å². The van der Waals surface area contributed by atoms with Crippen LogP contribution in [0.1, 0.15) is 38.5 Å². The normalized spacial score (nSPS) is 23.1. The summed E-state index contributed by atoms with van der Waals surface area (Å²) in [5, 5.41) is 0. The van der Waals surface area contributed by atoms with Crippen LogP contribution in [0.15, 0.2) is 0 Å². The Bertz CT molecular complexity index is 296. The molecule has 0 aromatic heterocycles. The number of rotatable bonds is 6. The minimum atomic E-state index is -0.407. The molecule has 1 saturated carbocycles. The van der Waals surface area contributed by atoms with E-state index in [4.69, 9.17) is 9.47 Å². The van der Waals surface area contributed by atoms with Gasteiger partial charge in [-0.1, -0.05) is 32.1 Å². The summed E-state index contributed by atoms with van der Waals surface area (Å²) in [5.74, 6) is 0.770. The van der Waals surface area contributed by atoms with Crippen molar-refractivity contribution in [2.45, 2.75) is 38.5 Å². The Hall–Kier alpha value is -0.610. The third-order valence-electron chi connectivity index (χ3n) is 4.59. The maximum atomic E-state index is 11.8. The second-order valence-electron chi connectivity index (χ2n) is 6.30. The van der Waals surface area contributed by atoms with Gasteiger partial charge in [-0.15, -0.1) is 0 Å². The molecule has 0 amide bonds. The minimum Gasteiger partial charge on any atom is -0.468 e. The fourth-order valence-corrected chi connectivity index (χ4v) is 3.31. The zero-order valence-electron chi connectivity index (χ0n) is 12.3. The fourth-order valence-electron chi connectivity index (χ4n) is 3.31. The van der Waals surface area contributed by atoms with Gasteiger partial charge in [0.1, 0.15) is 5.41 Å². The number of hydrogen-bond donors (Lipinski definition) is 0. The highest BCUT2D eigenvalue weighted by Crippen LogP contribution is 2.31. The van der Waals surface area contributed by atoms with E-state index in [1.54, 1.807) is 0 Å². The molecule has 0 unspecified atom stereocenters. The first-order valence-electron chi connectivity index (χ1n) is 7.51. The van der Waals surface area contributed by atoms with Gasteiger partial charge in [-0.25, -0.2) is 0 Å². The molecule has 1 aliphatic heterocycles. The number of nitrogens with zero attached hydrogens (tertiary/aromatic N) is 1. The molecule has 19 heavy (non-hydrogen) atoms. The molecular formula is C15H27NO3. The first kappa shape index (κ1) is 14.8. The lowest BCUT2D eigenvalue weighted by atomic mass is 9.84. The van der Waals surface area contributed by atoms with Crippen molar-refractivity contribution in [3.05, 3.63) is 0 Å². The number of ether oxygens (including phenoxy) is 2. The van der Waals surface area contributed by atoms with Crippen LogP contribution in [-0.4, -0.2) is 51.3 Å². The summed E-state index contributed by atoms with van der Waals surface area (Å²) >= 11 is 0. The van der Waals surface area contributed by atoms with Crippen LogP contribution in [0.4, 0.5) is 0 Å². The first-order chi connectivity index (χ1) is 9.16. The maximum Gasteiger partial charge on any atom is 0.317 e. The molecule has 2 rings (SSSR count). The van der Waals surface area contributed by atoms with Crippen molar-refractivity contribution < 1.29 is 14.3 Å². The molecule has 0 aromatic rings. The average molecular weight is 269 g/mol. The number of methoxy groups -OCH3 is 1. The van der Waals surface area contributed by atoms with E-state index in [-0.39, 0.29) is 5.97 Å². The number of esters is 1. The van der Waals surface area contributed by atoms with E-state index in [2.05, 4.69) is 11.9 Å². The van der Waals surface area contributed by atoms with Gasteiger partial charge in [0.15, 0.2) is 0 Å². The van der Waals surface area contributed by atoms with E-state index in [1.165, 1.54) is 45.6 Å². The van der Waals surface area contributed by atoms with Crippen LogP contribution in [-0.2, 0) is 14.3 Å².